The van der Waals surface area contributed by atoms with Crippen molar-refractivity contribution in [2.24, 2.45) is 4.99 Å². The number of aliphatic imine (C=N–C) groups is 1. The van der Waals surface area contributed by atoms with E-state index >= 15 is 0 Å². The highest BCUT2D eigenvalue weighted by atomic mass is 79.9. The zero-order chi connectivity index (χ0) is 11.1. The molecule has 1 rings (SSSR count). The molecular formula is C10H13BrN2O2. The van der Waals surface area contributed by atoms with Crippen LogP contribution in [0.15, 0.2) is 27.9 Å². The molecule has 0 unspecified atom stereocenters. The Morgan fingerprint density at radius 3 is 2.80 bits per heavy atom. The second kappa shape index (κ2) is 6.66. The lowest BCUT2D eigenvalue weighted by Crippen LogP contribution is -2.16. The molecule has 0 fully saturated rings. The fraction of sp³-hybridized carbons (Fsp3) is 0.400. The quantitative estimate of drug-likeness (QED) is 0.607. The van der Waals surface area contributed by atoms with Gasteiger partial charge in [0, 0.05) is 42.9 Å². The van der Waals surface area contributed by atoms with E-state index in [0.717, 1.165) is 10.0 Å². The molecule has 4 nitrogen and oxygen atoms in total. The summed E-state index contributed by atoms with van der Waals surface area (Å²) in [5.74, 6) is 0. The van der Waals surface area contributed by atoms with Crippen LogP contribution in [0.4, 0.5) is 0 Å². The Balaban J connectivity index is 2.50. The van der Waals surface area contributed by atoms with Crippen LogP contribution in [-0.4, -0.2) is 38.3 Å². The first-order chi connectivity index (χ1) is 7.26. The van der Waals surface area contributed by atoms with E-state index in [-0.39, 0.29) is 6.29 Å². The fourth-order valence-electron chi connectivity index (χ4n) is 0.988. The number of hydrogen-bond acceptors (Lipinski definition) is 4. The maximum atomic E-state index is 5.00. The predicted octanol–water partition coefficient (Wildman–Crippen LogP) is 1.88. The van der Waals surface area contributed by atoms with E-state index in [1.807, 2.05) is 6.07 Å². The Bertz CT molecular complexity index is 327. The molecule has 0 radical (unpaired) electrons. The summed E-state index contributed by atoms with van der Waals surface area (Å²) in [6.07, 6.45) is 4.91. The van der Waals surface area contributed by atoms with Crippen LogP contribution in [0, 0.1) is 0 Å². The average Bonchev–Trinajstić information content (AvgIpc) is 2.25. The minimum atomic E-state index is -0.290. The smallest absolute Gasteiger partial charge is 0.176 e. The number of hydrogen-bond donors (Lipinski definition) is 0. The molecule has 0 bridgehead atoms. The Hall–Kier alpha value is -0.780. The first-order valence-electron chi connectivity index (χ1n) is 4.42. The third-order valence-corrected chi connectivity index (χ3v) is 2.18. The molecule has 1 aromatic rings. The minimum absolute atomic E-state index is 0.290. The van der Waals surface area contributed by atoms with Gasteiger partial charge in [0.2, 0.25) is 0 Å². The van der Waals surface area contributed by atoms with Crippen LogP contribution in [0.2, 0.25) is 0 Å². The monoisotopic (exact) mass is 272 g/mol. The molecule has 1 aromatic heterocycles. The highest BCUT2D eigenvalue weighted by Crippen LogP contribution is 2.07. The van der Waals surface area contributed by atoms with Gasteiger partial charge < -0.3 is 9.47 Å². The maximum Gasteiger partial charge on any atom is 0.176 e. The lowest BCUT2D eigenvalue weighted by atomic mass is 10.3. The summed E-state index contributed by atoms with van der Waals surface area (Å²) < 4.78 is 10.9. The summed E-state index contributed by atoms with van der Waals surface area (Å²) in [4.78, 5) is 8.21. The van der Waals surface area contributed by atoms with Gasteiger partial charge in [-0.15, -0.1) is 0 Å². The molecule has 15 heavy (non-hydrogen) atoms. The van der Waals surface area contributed by atoms with Crippen molar-refractivity contribution >= 4 is 22.1 Å². The average molecular weight is 273 g/mol. The number of methoxy groups -OCH3 is 2. The minimum Gasteiger partial charge on any atom is -0.354 e. The predicted molar refractivity (Wildman–Crippen MR) is 62.2 cm³/mol. The van der Waals surface area contributed by atoms with Gasteiger partial charge in [0.15, 0.2) is 6.29 Å². The van der Waals surface area contributed by atoms with Gasteiger partial charge in [-0.1, -0.05) is 0 Å². The van der Waals surface area contributed by atoms with Crippen molar-refractivity contribution in [2.45, 2.75) is 6.29 Å². The van der Waals surface area contributed by atoms with Gasteiger partial charge in [0.05, 0.1) is 6.54 Å². The molecule has 0 aliphatic carbocycles. The Morgan fingerprint density at radius 2 is 2.20 bits per heavy atom. The molecule has 0 spiro atoms. The highest BCUT2D eigenvalue weighted by molar-refractivity contribution is 9.10. The Morgan fingerprint density at radius 1 is 1.47 bits per heavy atom. The van der Waals surface area contributed by atoms with Gasteiger partial charge >= 0.3 is 0 Å². The lowest BCUT2D eigenvalue weighted by Gasteiger charge is -2.09. The molecule has 5 heteroatoms. The van der Waals surface area contributed by atoms with Crippen LogP contribution >= 0.6 is 15.9 Å². The first-order valence-corrected chi connectivity index (χ1v) is 5.21. The van der Waals surface area contributed by atoms with E-state index in [4.69, 9.17) is 9.47 Å². The van der Waals surface area contributed by atoms with Gasteiger partial charge in [-0.25, -0.2) is 0 Å². The summed E-state index contributed by atoms with van der Waals surface area (Å²) in [5.41, 5.74) is 0.940. The SMILES string of the molecule is COC(C/N=C/c1cncc(Br)c1)OC. The second-order valence-corrected chi connectivity index (χ2v) is 3.75. The molecule has 0 saturated heterocycles. The fourth-order valence-corrected chi connectivity index (χ4v) is 1.37. The Kier molecular flexibility index (Phi) is 5.45. The second-order valence-electron chi connectivity index (χ2n) is 2.83. The van der Waals surface area contributed by atoms with E-state index in [1.54, 1.807) is 32.8 Å². The maximum absolute atomic E-state index is 5.00. The summed E-state index contributed by atoms with van der Waals surface area (Å²) in [5, 5.41) is 0. The van der Waals surface area contributed by atoms with Crippen LogP contribution in [-0.2, 0) is 9.47 Å². The lowest BCUT2D eigenvalue weighted by molar-refractivity contribution is -0.0936. The number of aromatic nitrogens is 1. The van der Waals surface area contributed by atoms with Gasteiger partial charge in [-0.05, 0) is 22.0 Å². The summed E-state index contributed by atoms with van der Waals surface area (Å²) in [6.45, 7) is 0.472. The molecule has 0 saturated carbocycles. The number of halogens is 1. The molecule has 0 aliphatic rings. The zero-order valence-corrected chi connectivity index (χ0v) is 10.3. The van der Waals surface area contributed by atoms with Crippen molar-refractivity contribution in [1.29, 1.82) is 0 Å². The van der Waals surface area contributed by atoms with E-state index in [1.165, 1.54) is 0 Å². The van der Waals surface area contributed by atoms with Crippen molar-refractivity contribution in [3.05, 3.63) is 28.5 Å². The van der Waals surface area contributed by atoms with Gasteiger partial charge in [-0.3, -0.25) is 9.98 Å². The molecule has 0 aliphatic heterocycles. The Labute approximate surface area is 97.5 Å². The van der Waals surface area contributed by atoms with Gasteiger partial charge in [0.1, 0.15) is 0 Å². The number of pyridine rings is 1. The normalized spacial score (nSPS) is 11.5. The van der Waals surface area contributed by atoms with E-state index in [0.29, 0.717) is 6.54 Å². The van der Waals surface area contributed by atoms with Crippen LogP contribution < -0.4 is 0 Å². The third kappa shape index (κ3) is 4.51. The van der Waals surface area contributed by atoms with E-state index in [2.05, 4.69) is 25.9 Å². The molecular weight excluding hydrogens is 260 g/mol. The zero-order valence-electron chi connectivity index (χ0n) is 8.68. The van der Waals surface area contributed by atoms with E-state index in [9.17, 15) is 0 Å². The van der Waals surface area contributed by atoms with E-state index < -0.39 is 0 Å². The summed E-state index contributed by atoms with van der Waals surface area (Å²) in [6, 6.07) is 1.94. The van der Waals surface area contributed by atoms with Crippen molar-refractivity contribution in [3.8, 4) is 0 Å². The standard InChI is InChI=1S/C10H13BrN2O2/c1-14-10(15-2)7-13-5-8-3-9(11)6-12-4-8/h3-6,10H,7H2,1-2H3/b13-5+. The van der Waals surface area contributed by atoms with Crippen LogP contribution in [0.25, 0.3) is 0 Å². The molecule has 82 valence electrons. The summed E-state index contributed by atoms with van der Waals surface area (Å²) >= 11 is 3.34. The first kappa shape index (κ1) is 12.3. The molecule has 0 atom stereocenters. The number of ether oxygens (including phenoxy) is 2. The topological polar surface area (TPSA) is 43.7 Å². The molecule has 0 amide bonds. The van der Waals surface area contributed by atoms with Crippen LogP contribution in [0.5, 0.6) is 0 Å². The largest absolute Gasteiger partial charge is 0.354 e. The molecule has 0 aromatic carbocycles. The number of rotatable bonds is 5. The van der Waals surface area contributed by atoms with Gasteiger partial charge in [-0.2, -0.15) is 0 Å². The molecule has 0 N–H and O–H groups in total. The van der Waals surface area contributed by atoms with Crippen molar-refractivity contribution in [3.63, 3.8) is 0 Å². The van der Waals surface area contributed by atoms with Gasteiger partial charge in [0.25, 0.3) is 0 Å². The number of nitrogens with zero attached hydrogens (tertiary/aromatic N) is 2. The summed E-state index contributed by atoms with van der Waals surface area (Å²) in [7, 11) is 3.18. The van der Waals surface area contributed by atoms with Crippen molar-refractivity contribution < 1.29 is 9.47 Å². The van der Waals surface area contributed by atoms with Crippen LogP contribution in [0.1, 0.15) is 5.56 Å². The van der Waals surface area contributed by atoms with Crippen LogP contribution in [0.3, 0.4) is 0 Å². The highest BCUT2D eigenvalue weighted by Gasteiger charge is 2.01. The van der Waals surface area contributed by atoms with Crippen molar-refractivity contribution in [1.82, 2.24) is 4.98 Å². The van der Waals surface area contributed by atoms with Crippen molar-refractivity contribution in [2.75, 3.05) is 20.8 Å². The third-order valence-electron chi connectivity index (χ3n) is 1.75. The molecule has 1 heterocycles.